The highest BCUT2D eigenvalue weighted by atomic mass is 16.5. The quantitative estimate of drug-likeness (QED) is 0.683. The second-order valence-electron chi connectivity index (χ2n) is 7.66. The average molecular weight is 411 g/mol. The van der Waals surface area contributed by atoms with Crippen LogP contribution in [0.4, 0.5) is 4.79 Å². The van der Waals surface area contributed by atoms with Gasteiger partial charge in [-0.15, -0.1) is 0 Å². The molecule has 1 aromatic rings. The van der Waals surface area contributed by atoms with Crippen molar-refractivity contribution in [2.45, 2.75) is 39.5 Å². The predicted molar refractivity (Wildman–Crippen MR) is 109 cm³/mol. The van der Waals surface area contributed by atoms with Gasteiger partial charge in [0, 0.05) is 18.9 Å². The Labute approximate surface area is 175 Å². The molecule has 2 unspecified atom stereocenters. The molecular formula is C21H25N5O4. The molecule has 0 saturated carbocycles. The van der Waals surface area contributed by atoms with Crippen molar-refractivity contribution in [2.24, 2.45) is 4.99 Å². The van der Waals surface area contributed by atoms with Gasteiger partial charge >= 0.3 is 12.0 Å². The highest BCUT2D eigenvalue weighted by Crippen LogP contribution is 2.34. The third-order valence-electron chi connectivity index (χ3n) is 5.52. The second-order valence-corrected chi connectivity index (χ2v) is 7.66. The number of esters is 1. The van der Waals surface area contributed by atoms with E-state index in [1.807, 2.05) is 38.1 Å². The Kier molecular flexibility index (Phi) is 4.97. The van der Waals surface area contributed by atoms with Crippen LogP contribution in [0, 0.1) is 6.92 Å². The summed E-state index contributed by atoms with van der Waals surface area (Å²) in [7, 11) is 1.65. The highest BCUT2D eigenvalue weighted by Gasteiger charge is 2.54. The maximum atomic E-state index is 13.4. The number of hydrogen-bond acceptors (Lipinski definition) is 7. The Balaban J connectivity index is 1.59. The predicted octanol–water partition coefficient (Wildman–Crippen LogP) is 1.50. The Hall–Kier alpha value is -3.36. The molecule has 30 heavy (non-hydrogen) atoms. The van der Waals surface area contributed by atoms with Gasteiger partial charge in [0.05, 0.1) is 13.2 Å². The maximum absolute atomic E-state index is 13.4. The van der Waals surface area contributed by atoms with Crippen LogP contribution in [0.15, 0.2) is 41.2 Å². The molecule has 4 rings (SSSR count). The number of aliphatic imine (C=N–C) groups is 1. The Bertz CT molecular complexity index is 972. The molecule has 0 radical (unpaired) electrons. The van der Waals surface area contributed by atoms with Crippen molar-refractivity contribution in [1.82, 2.24) is 19.6 Å². The number of amides is 3. The van der Waals surface area contributed by atoms with Crippen molar-refractivity contribution in [1.29, 1.82) is 0 Å². The Morgan fingerprint density at radius 3 is 2.67 bits per heavy atom. The zero-order chi connectivity index (χ0) is 21.6. The van der Waals surface area contributed by atoms with Gasteiger partial charge in [0.25, 0.3) is 5.91 Å². The minimum Gasteiger partial charge on any atom is -0.465 e. The van der Waals surface area contributed by atoms with Crippen LogP contribution in [0.3, 0.4) is 0 Å². The molecule has 3 amide bonds. The lowest BCUT2D eigenvalue weighted by molar-refractivity contribution is -0.143. The van der Waals surface area contributed by atoms with E-state index in [-0.39, 0.29) is 31.0 Å². The maximum Gasteiger partial charge on any atom is 0.328 e. The molecule has 0 N–H and O–H groups in total. The van der Waals surface area contributed by atoms with Gasteiger partial charge in [-0.25, -0.2) is 9.79 Å². The highest BCUT2D eigenvalue weighted by molar-refractivity contribution is 6.05. The van der Waals surface area contributed by atoms with Gasteiger partial charge in [0.2, 0.25) is 5.96 Å². The third-order valence-corrected chi connectivity index (χ3v) is 5.52. The first-order valence-electron chi connectivity index (χ1n) is 9.93. The molecule has 3 aliphatic rings. The van der Waals surface area contributed by atoms with Crippen LogP contribution < -0.4 is 0 Å². The molecule has 3 aliphatic heterocycles. The zero-order valence-corrected chi connectivity index (χ0v) is 17.5. The number of urea groups is 1. The van der Waals surface area contributed by atoms with E-state index in [2.05, 4.69) is 4.99 Å². The summed E-state index contributed by atoms with van der Waals surface area (Å²) >= 11 is 0. The van der Waals surface area contributed by atoms with E-state index in [1.165, 1.54) is 9.80 Å². The minimum absolute atomic E-state index is 0.00377. The number of aryl methyl sites for hydroxylation is 1. The number of hydrogen-bond donors (Lipinski definition) is 0. The first kappa shape index (κ1) is 19.9. The minimum atomic E-state index is -0.658. The number of benzene rings is 1. The number of carbonyl (C=O) groups is 3. The van der Waals surface area contributed by atoms with Crippen LogP contribution in [0.5, 0.6) is 0 Å². The molecule has 0 spiro atoms. The third kappa shape index (κ3) is 3.20. The standard InChI is InChI=1S/C21H25N5O4/c1-5-30-16(27)12-24-14(3)10-25-17-18(22-20(24)25)23(4)21(29)26(19(17)28)11-15-8-6-7-13(2)9-15/h6-10,17-18H,5,11-12H2,1-4H3. The van der Waals surface area contributed by atoms with Gasteiger partial charge in [-0.1, -0.05) is 29.8 Å². The van der Waals surface area contributed by atoms with Gasteiger partial charge < -0.3 is 19.4 Å². The van der Waals surface area contributed by atoms with E-state index in [4.69, 9.17) is 4.74 Å². The SMILES string of the molecule is CCOC(=O)CN1C(C)=CN2C1=NC1C2C(=O)N(Cc2cccc(C)c2)C(=O)N1C. The molecule has 1 aromatic carbocycles. The van der Waals surface area contributed by atoms with E-state index >= 15 is 0 Å². The molecule has 9 nitrogen and oxygen atoms in total. The topological polar surface area (TPSA) is 85.8 Å². The fourth-order valence-electron chi connectivity index (χ4n) is 4.07. The number of allylic oxidation sites excluding steroid dienone is 1. The summed E-state index contributed by atoms with van der Waals surface area (Å²) in [5.41, 5.74) is 2.74. The number of fused-ring (bicyclic) bond motifs is 3. The summed E-state index contributed by atoms with van der Waals surface area (Å²) in [6.07, 6.45) is 1.16. The number of carbonyl (C=O) groups excluding carboxylic acids is 3. The van der Waals surface area contributed by atoms with Gasteiger partial charge in [0.1, 0.15) is 6.54 Å². The van der Waals surface area contributed by atoms with Gasteiger partial charge in [-0.2, -0.15) is 0 Å². The van der Waals surface area contributed by atoms with Gasteiger partial charge in [-0.05, 0) is 26.3 Å². The van der Waals surface area contributed by atoms with Crippen LogP contribution in [0.2, 0.25) is 0 Å². The van der Waals surface area contributed by atoms with Crippen molar-refractivity contribution in [3.05, 3.63) is 47.3 Å². The molecule has 2 atom stereocenters. The molecule has 0 bridgehead atoms. The normalized spacial score (nSPS) is 22.8. The van der Waals surface area contributed by atoms with Gasteiger partial charge in [0.15, 0.2) is 12.2 Å². The molecule has 1 fully saturated rings. The summed E-state index contributed by atoms with van der Waals surface area (Å²) in [6.45, 7) is 6.07. The fraction of sp³-hybridized carbons (Fsp3) is 0.429. The lowest BCUT2D eigenvalue weighted by atomic mass is 10.1. The van der Waals surface area contributed by atoms with E-state index in [0.717, 1.165) is 16.8 Å². The summed E-state index contributed by atoms with van der Waals surface area (Å²) in [5, 5.41) is 0. The number of imide groups is 1. The molecular weight excluding hydrogens is 386 g/mol. The molecule has 158 valence electrons. The monoisotopic (exact) mass is 411 g/mol. The number of nitrogens with zero attached hydrogens (tertiary/aromatic N) is 5. The van der Waals surface area contributed by atoms with Crippen molar-refractivity contribution in [3.8, 4) is 0 Å². The first-order chi connectivity index (χ1) is 14.3. The van der Waals surface area contributed by atoms with Crippen molar-refractivity contribution < 1.29 is 19.1 Å². The summed E-state index contributed by atoms with van der Waals surface area (Å²) in [6, 6.07) is 6.70. The zero-order valence-electron chi connectivity index (χ0n) is 17.5. The van der Waals surface area contributed by atoms with Crippen LogP contribution >= 0.6 is 0 Å². The van der Waals surface area contributed by atoms with Crippen molar-refractivity contribution in [3.63, 3.8) is 0 Å². The van der Waals surface area contributed by atoms with Crippen molar-refractivity contribution in [2.75, 3.05) is 20.2 Å². The number of likely N-dealkylation sites (N-methyl/N-ethyl adjacent to an activating group) is 1. The molecule has 1 saturated heterocycles. The van der Waals surface area contributed by atoms with E-state index in [0.29, 0.717) is 12.6 Å². The van der Waals surface area contributed by atoms with Crippen LogP contribution in [0.25, 0.3) is 0 Å². The van der Waals surface area contributed by atoms with Gasteiger partial charge in [-0.3, -0.25) is 14.5 Å². The Morgan fingerprint density at radius 1 is 1.20 bits per heavy atom. The first-order valence-corrected chi connectivity index (χ1v) is 9.93. The molecule has 3 heterocycles. The Morgan fingerprint density at radius 2 is 1.97 bits per heavy atom. The average Bonchev–Trinajstić information content (AvgIpc) is 3.20. The second kappa shape index (κ2) is 7.47. The molecule has 0 aliphatic carbocycles. The largest absolute Gasteiger partial charge is 0.465 e. The van der Waals surface area contributed by atoms with Crippen LogP contribution in [0.1, 0.15) is 25.0 Å². The smallest absolute Gasteiger partial charge is 0.328 e. The number of guanidine groups is 1. The van der Waals surface area contributed by atoms with E-state index < -0.39 is 12.2 Å². The van der Waals surface area contributed by atoms with Crippen molar-refractivity contribution >= 4 is 23.9 Å². The van der Waals surface area contributed by atoms with Crippen LogP contribution in [-0.4, -0.2) is 75.9 Å². The summed E-state index contributed by atoms with van der Waals surface area (Å²) in [5.74, 6) is -0.187. The lowest BCUT2D eigenvalue weighted by Gasteiger charge is -2.40. The molecule has 0 aromatic heterocycles. The lowest BCUT2D eigenvalue weighted by Crippen LogP contribution is -2.63. The van der Waals surface area contributed by atoms with Crippen LogP contribution in [-0.2, 0) is 20.9 Å². The summed E-state index contributed by atoms with van der Waals surface area (Å²) < 4.78 is 5.05. The fourth-order valence-corrected chi connectivity index (χ4v) is 4.07. The summed E-state index contributed by atoms with van der Waals surface area (Å²) in [4.78, 5) is 49.1. The number of ether oxygens (including phenoxy) is 1. The van der Waals surface area contributed by atoms with E-state index in [1.54, 1.807) is 30.0 Å². The van der Waals surface area contributed by atoms with E-state index in [9.17, 15) is 14.4 Å². The molecule has 9 heteroatoms. The number of rotatable bonds is 5.